The molecule has 1 aromatic carbocycles. The molecule has 0 atom stereocenters. The highest BCUT2D eigenvalue weighted by Gasteiger charge is 2.13. The van der Waals surface area contributed by atoms with E-state index < -0.39 is 11.7 Å². The van der Waals surface area contributed by atoms with Crippen molar-refractivity contribution in [1.82, 2.24) is 4.98 Å². The van der Waals surface area contributed by atoms with Gasteiger partial charge in [-0.25, -0.2) is 9.37 Å². The third kappa shape index (κ3) is 3.39. The third-order valence-corrected chi connectivity index (χ3v) is 3.76. The monoisotopic (exact) mass is 339 g/mol. The molecule has 0 radical (unpaired) electrons. The lowest BCUT2D eigenvalue weighted by molar-refractivity contribution is -0.112. The standard InChI is InChI=1S/C17H10FN3O2S/c18-14-4-2-1-3-13(14)15-6-5-12(23-15)9-11(10-19)16(22)21-17-20-7-8-24-17/h1-9H,(H,20,21,22)/b11-9+. The van der Waals surface area contributed by atoms with Gasteiger partial charge in [-0.05, 0) is 24.3 Å². The molecule has 0 fully saturated rings. The van der Waals surface area contributed by atoms with Gasteiger partial charge in [0.1, 0.15) is 29.0 Å². The zero-order valence-corrected chi connectivity index (χ0v) is 13.0. The first-order chi connectivity index (χ1) is 11.7. The van der Waals surface area contributed by atoms with E-state index in [2.05, 4.69) is 10.3 Å². The predicted octanol–water partition coefficient (Wildman–Crippen LogP) is 4.09. The molecule has 0 bridgehead atoms. The fourth-order valence-electron chi connectivity index (χ4n) is 1.98. The second-order valence-corrected chi connectivity index (χ2v) is 5.54. The molecule has 0 unspecified atom stereocenters. The third-order valence-electron chi connectivity index (χ3n) is 3.07. The van der Waals surface area contributed by atoms with Gasteiger partial charge in [0.15, 0.2) is 5.13 Å². The quantitative estimate of drug-likeness (QED) is 0.573. The summed E-state index contributed by atoms with van der Waals surface area (Å²) < 4.78 is 19.3. The molecular weight excluding hydrogens is 329 g/mol. The Morgan fingerprint density at radius 1 is 1.33 bits per heavy atom. The molecule has 2 heterocycles. The molecular formula is C17H10FN3O2S. The number of carbonyl (C=O) groups excluding carboxylic acids is 1. The van der Waals surface area contributed by atoms with Crippen LogP contribution in [-0.2, 0) is 4.79 Å². The first-order valence-corrected chi connectivity index (χ1v) is 7.72. The lowest BCUT2D eigenvalue weighted by Crippen LogP contribution is -2.13. The maximum Gasteiger partial charge on any atom is 0.268 e. The molecule has 0 aliphatic rings. The van der Waals surface area contributed by atoms with Crippen molar-refractivity contribution in [2.75, 3.05) is 5.32 Å². The minimum Gasteiger partial charge on any atom is -0.457 e. The van der Waals surface area contributed by atoms with Gasteiger partial charge >= 0.3 is 0 Å². The van der Waals surface area contributed by atoms with Crippen molar-refractivity contribution < 1.29 is 13.6 Å². The number of carbonyl (C=O) groups is 1. The average molecular weight is 339 g/mol. The zero-order chi connectivity index (χ0) is 16.9. The summed E-state index contributed by atoms with van der Waals surface area (Å²) in [6, 6.07) is 11.2. The van der Waals surface area contributed by atoms with Crippen molar-refractivity contribution in [2.24, 2.45) is 0 Å². The Morgan fingerprint density at radius 3 is 2.88 bits per heavy atom. The van der Waals surface area contributed by atoms with E-state index in [-0.39, 0.29) is 11.3 Å². The highest BCUT2D eigenvalue weighted by molar-refractivity contribution is 7.13. The number of rotatable bonds is 4. The number of hydrogen-bond donors (Lipinski definition) is 1. The van der Waals surface area contributed by atoms with Gasteiger partial charge in [-0.2, -0.15) is 5.26 Å². The molecule has 24 heavy (non-hydrogen) atoms. The van der Waals surface area contributed by atoms with E-state index in [0.29, 0.717) is 16.5 Å². The van der Waals surface area contributed by atoms with Crippen molar-refractivity contribution in [3.8, 4) is 17.4 Å². The molecule has 1 amide bonds. The predicted molar refractivity (Wildman–Crippen MR) is 88.4 cm³/mol. The van der Waals surface area contributed by atoms with Gasteiger partial charge in [0.05, 0.1) is 5.56 Å². The minimum absolute atomic E-state index is 0.139. The van der Waals surface area contributed by atoms with E-state index in [4.69, 9.17) is 9.68 Å². The largest absolute Gasteiger partial charge is 0.457 e. The number of aromatic nitrogens is 1. The number of thiazole rings is 1. The van der Waals surface area contributed by atoms with Crippen molar-refractivity contribution in [1.29, 1.82) is 5.26 Å². The lowest BCUT2D eigenvalue weighted by atomic mass is 10.1. The minimum atomic E-state index is -0.587. The van der Waals surface area contributed by atoms with Crippen LogP contribution in [0.1, 0.15) is 5.76 Å². The molecule has 0 aliphatic carbocycles. The maximum atomic E-state index is 13.8. The number of hydrogen-bond acceptors (Lipinski definition) is 5. The van der Waals surface area contributed by atoms with Gasteiger partial charge in [0.25, 0.3) is 5.91 Å². The topological polar surface area (TPSA) is 78.9 Å². The summed E-state index contributed by atoms with van der Waals surface area (Å²) in [5.74, 6) is -0.406. The number of benzene rings is 1. The van der Waals surface area contributed by atoms with Crippen molar-refractivity contribution in [2.45, 2.75) is 0 Å². The molecule has 1 N–H and O–H groups in total. The molecule has 118 valence electrons. The molecule has 3 aromatic rings. The van der Waals surface area contributed by atoms with Crippen LogP contribution in [0.2, 0.25) is 0 Å². The summed E-state index contributed by atoms with van der Waals surface area (Å²) in [4.78, 5) is 16.0. The summed E-state index contributed by atoms with van der Waals surface area (Å²) in [6.45, 7) is 0. The Hall–Kier alpha value is -3.24. The van der Waals surface area contributed by atoms with Crippen LogP contribution in [0.5, 0.6) is 0 Å². The number of halogens is 1. The van der Waals surface area contributed by atoms with E-state index in [1.807, 2.05) is 6.07 Å². The Morgan fingerprint density at radius 2 is 2.17 bits per heavy atom. The molecule has 0 spiro atoms. The number of amides is 1. The summed E-state index contributed by atoms with van der Waals surface area (Å²) >= 11 is 1.24. The SMILES string of the molecule is N#C/C(=C\c1ccc(-c2ccccc2F)o1)C(=O)Nc1nccs1. The molecule has 7 heteroatoms. The van der Waals surface area contributed by atoms with E-state index in [1.165, 1.54) is 23.5 Å². The van der Waals surface area contributed by atoms with E-state index in [9.17, 15) is 9.18 Å². The molecule has 5 nitrogen and oxygen atoms in total. The number of nitriles is 1. The van der Waals surface area contributed by atoms with Crippen LogP contribution < -0.4 is 5.32 Å². The van der Waals surface area contributed by atoms with E-state index in [1.54, 1.807) is 41.9 Å². The summed E-state index contributed by atoms with van der Waals surface area (Å²) in [6.07, 6.45) is 2.84. The van der Waals surface area contributed by atoms with Crippen LogP contribution in [-0.4, -0.2) is 10.9 Å². The van der Waals surface area contributed by atoms with Gasteiger partial charge in [-0.15, -0.1) is 11.3 Å². The smallest absolute Gasteiger partial charge is 0.268 e. The number of furan rings is 1. The lowest BCUT2D eigenvalue weighted by Gasteiger charge is -1.99. The molecule has 0 aliphatic heterocycles. The van der Waals surface area contributed by atoms with Crippen LogP contribution >= 0.6 is 11.3 Å². The van der Waals surface area contributed by atoms with Crippen molar-refractivity contribution >= 4 is 28.5 Å². The normalized spacial score (nSPS) is 11.1. The van der Waals surface area contributed by atoms with Gasteiger partial charge < -0.3 is 4.42 Å². The number of nitrogens with zero attached hydrogens (tertiary/aromatic N) is 2. The van der Waals surface area contributed by atoms with E-state index in [0.717, 1.165) is 0 Å². The van der Waals surface area contributed by atoms with Crippen LogP contribution in [0.4, 0.5) is 9.52 Å². The fourth-order valence-corrected chi connectivity index (χ4v) is 2.50. The van der Waals surface area contributed by atoms with Crippen molar-refractivity contribution in [3.05, 3.63) is 65.1 Å². The van der Waals surface area contributed by atoms with Gasteiger partial charge in [0, 0.05) is 17.7 Å². The first kappa shape index (κ1) is 15.6. The second kappa shape index (κ2) is 6.89. The van der Waals surface area contributed by atoms with Gasteiger partial charge in [-0.3, -0.25) is 10.1 Å². The van der Waals surface area contributed by atoms with Crippen LogP contribution in [0.25, 0.3) is 17.4 Å². The highest BCUT2D eigenvalue weighted by atomic mass is 32.1. The summed E-state index contributed by atoms with van der Waals surface area (Å²) in [5, 5.41) is 13.8. The summed E-state index contributed by atoms with van der Waals surface area (Å²) in [5.41, 5.74) is 0.169. The summed E-state index contributed by atoms with van der Waals surface area (Å²) in [7, 11) is 0. The van der Waals surface area contributed by atoms with Crippen molar-refractivity contribution in [3.63, 3.8) is 0 Å². The Bertz CT molecular complexity index is 939. The molecule has 3 rings (SSSR count). The van der Waals surface area contributed by atoms with Gasteiger partial charge in [0.2, 0.25) is 0 Å². The Kier molecular flexibility index (Phi) is 4.50. The molecule has 0 saturated heterocycles. The Labute approximate surface area is 140 Å². The second-order valence-electron chi connectivity index (χ2n) is 4.64. The van der Waals surface area contributed by atoms with E-state index >= 15 is 0 Å². The van der Waals surface area contributed by atoms with Crippen LogP contribution in [0.3, 0.4) is 0 Å². The van der Waals surface area contributed by atoms with Gasteiger partial charge in [-0.1, -0.05) is 12.1 Å². The maximum absolute atomic E-state index is 13.8. The first-order valence-electron chi connectivity index (χ1n) is 6.85. The molecule has 0 saturated carbocycles. The number of nitrogens with one attached hydrogen (secondary N) is 1. The highest BCUT2D eigenvalue weighted by Crippen LogP contribution is 2.25. The fraction of sp³-hybridized carbons (Fsp3) is 0. The van der Waals surface area contributed by atoms with Crippen LogP contribution in [0.15, 0.2) is 58.0 Å². The Balaban J connectivity index is 1.83. The molecule has 2 aromatic heterocycles. The zero-order valence-electron chi connectivity index (χ0n) is 12.2. The average Bonchev–Trinajstić information content (AvgIpc) is 3.24. The number of anilines is 1. The van der Waals surface area contributed by atoms with Crippen LogP contribution in [0, 0.1) is 17.1 Å².